The van der Waals surface area contributed by atoms with Crippen molar-refractivity contribution in [2.24, 2.45) is 11.1 Å². The molecule has 5 heteroatoms. The molecule has 1 saturated carbocycles. The quantitative estimate of drug-likeness (QED) is 0.782. The second-order valence-corrected chi connectivity index (χ2v) is 6.97. The van der Waals surface area contributed by atoms with Gasteiger partial charge in [0.15, 0.2) is 0 Å². The van der Waals surface area contributed by atoms with Gasteiger partial charge in [0.1, 0.15) is 5.60 Å². The Balaban J connectivity index is 1.98. The van der Waals surface area contributed by atoms with Gasteiger partial charge in [-0.15, -0.1) is 0 Å². The second kappa shape index (κ2) is 6.88. The average Bonchev–Trinajstić information content (AvgIpc) is 2.94. The molecule has 1 aliphatic rings. The van der Waals surface area contributed by atoms with Gasteiger partial charge < -0.3 is 15.0 Å². The van der Waals surface area contributed by atoms with Gasteiger partial charge in [-0.2, -0.15) is 4.98 Å². The molecule has 1 fully saturated rings. The molecule has 0 amide bonds. The van der Waals surface area contributed by atoms with Gasteiger partial charge in [0.25, 0.3) is 0 Å². The zero-order valence-corrected chi connectivity index (χ0v) is 13.7. The minimum Gasteiger partial charge on any atom is -0.370 e. The summed E-state index contributed by atoms with van der Waals surface area (Å²) in [6.45, 7) is 5.37. The number of hydrogen-bond acceptors (Lipinski definition) is 5. The first kappa shape index (κ1) is 16.4. The molecule has 1 aromatic rings. The van der Waals surface area contributed by atoms with E-state index in [4.69, 9.17) is 15.0 Å². The molecule has 2 rings (SSSR count). The molecule has 0 spiro atoms. The number of nitrogens with zero attached hydrogens (tertiary/aromatic N) is 2. The van der Waals surface area contributed by atoms with E-state index < -0.39 is 0 Å². The summed E-state index contributed by atoms with van der Waals surface area (Å²) in [7, 11) is 1.76. The number of aryl methyl sites for hydroxylation is 1. The molecule has 0 aliphatic heterocycles. The minimum atomic E-state index is -0.353. The molecule has 5 nitrogen and oxygen atoms in total. The predicted molar refractivity (Wildman–Crippen MR) is 81.8 cm³/mol. The van der Waals surface area contributed by atoms with E-state index in [0.717, 1.165) is 69.6 Å². The highest BCUT2D eigenvalue weighted by atomic mass is 16.5. The molecule has 1 heterocycles. The zero-order chi connectivity index (χ0) is 15.3. The summed E-state index contributed by atoms with van der Waals surface area (Å²) >= 11 is 0. The Labute approximate surface area is 127 Å². The topological polar surface area (TPSA) is 74.2 Å². The monoisotopic (exact) mass is 295 g/mol. The number of rotatable bonds is 7. The summed E-state index contributed by atoms with van der Waals surface area (Å²) in [4.78, 5) is 4.59. The van der Waals surface area contributed by atoms with Gasteiger partial charge in [0.2, 0.25) is 11.7 Å². The van der Waals surface area contributed by atoms with Crippen LogP contribution in [0.1, 0.15) is 70.5 Å². The van der Waals surface area contributed by atoms with Crippen LogP contribution in [0.15, 0.2) is 4.52 Å². The standard InChI is InChI=1S/C16H29N3O2/c1-15(2)8-10-16(20-3,11-9-15)14-18-13(21-19-14)7-5-4-6-12-17/h4-12,17H2,1-3H3. The average molecular weight is 295 g/mol. The highest BCUT2D eigenvalue weighted by molar-refractivity contribution is 5.05. The van der Waals surface area contributed by atoms with E-state index in [0.29, 0.717) is 5.41 Å². The summed E-state index contributed by atoms with van der Waals surface area (Å²) < 4.78 is 11.2. The largest absolute Gasteiger partial charge is 0.370 e. The fourth-order valence-corrected chi connectivity index (χ4v) is 2.99. The van der Waals surface area contributed by atoms with Crippen molar-refractivity contribution in [1.29, 1.82) is 0 Å². The predicted octanol–water partition coefficient (Wildman–Crippen LogP) is 3.18. The summed E-state index contributed by atoms with van der Waals surface area (Å²) in [5.74, 6) is 1.46. The van der Waals surface area contributed by atoms with E-state index in [9.17, 15) is 0 Å². The first-order chi connectivity index (χ1) is 10.0. The molecule has 120 valence electrons. The smallest absolute Gasteiger partial charge is 0.226 e. The zero-order valence-electron chi connectivity index (χ0n) is 13.7. The molecule has 0 atom stereocenters. The molecule has 1 aliphatic carbocycles. The maximum Gasteiger partial charge on any atom is 0.226 e. The third-order valence-corrected chi connectivity index (χ3v) is 4.77. The van der Waals surface area contributed by atoms with Gasteiger partial charge in [0, 0.05) is 13.5 Å². The second-order valence-electron chi connectivity index (χ2n) is 6.97. The fourth-order valence-electron chi connectivity index (χ4n) is 2.99. The van der Waals surface area contributed by atoms with Crippen LogP contribution in [0.5, 0.6) is 0 Å². The molecule has 0 unspecified atom stereocenters. The van der Waals surface area contributed by atoms with Crippen molar-refractivity contribution in [2.45, 2.75) is 70.8 Å². The molecular weight excluding hydrogens is 266 g/mol. The molecule has 0 bridgehead atoms. The van der Waals surface area contributed by atoms with E-state index in [1.165, 1.54) is 0 Å². The van der Waals surface area contributed by atoms with Crippen LogP contribution in [-0.2, 0) is 16.8 Å². The lowest BCUT2D eigenvalue weighted by atomic mass is 9.70. The van der Waals surface area contributed by atoms with E-state index >= 15 is 0 Å². The SMILES string of the molecule is COC1(c2noc(CCCCCN)n2)CCC(C)(C)CC1. The fraction of sp³-hybridized carbons (Fsp3) is 0.875. The van der Waals surface area contributed by atoms with E-state index in [1.807, 2.05) is 0 Å². The highest BCUT2D eigenvalue weighted by Crippen LogP contribution is 2.46. The molecular formula is C16H29N3O2. The molecule has 0 radical (unpaired) electrons. The lowest BCUT2D eigenvalue weighted by molar-refractivity contribution is -0.0740. The number of aromatic nitrogens is 2. The maximum atomic E-state index is 5.81. The molecule has 2 N–H and O–H groups in total. The molecule has 0 aromatic carbocycles. The van der Waals surface area contributed by atoms with Gasteiger partial charge in [-0.05, 0) is 50.5 Å². The first-order valence-corrected chi connectivity index (χ1v) is 8.10. The minimum absolute atomic E-state index is 0.353. The van der Waals surface area contributed by atoms with Crippen LogP contribution < -0.4 is 5.73 Å². The van der Waals surface area contributed by atoms with Crippen LogP contribution in [-0.4, -0.2) is 23.8 Å². The normalized spacial score (nSPS) is 20.6. The van der Waals surface area contributed by atoms with E-state index in [1.54, 1.807) is 7.11 Å². The van der Waals surface area contributed by atoms with Crippen molar-refractivity contribution in [2.75, 3.05) is 13.7 Å². The Morgan fingerprint density at radius 1 is 1.14 bits per heavy atom. The van der Waals surface area contributed by atoms with E-state index in [-0.39, 0.29) is 5.60 Å². The molecule has 1 aromatic heterocycles. The van der Waals surface area contributed by atoms with Crippen molar-refractivity contribution in [3.63, 3.8) is 0 Å². The van der Waals surface area contributed by atoms with Crippen LogP contribution in [0.2, 0.25) is 0 Å². The van der Waals surface area contributed by atoms with Crippen LogP contribution in [0, 0.1) is 5.41 Å². The third-order valence-electron chi connectivity index (χ3n) is 4.77. The van der Waals surface area contributed by atoms with Crippen molar-refractivity contribution >= 4 is 0 Å². The van der Waals surface area contributed by atoms with Crippen molar-refractivity contribution in [3.05, 3.63) is 11.7 Å². The Bertz CT molecular complexity index is 432. The highest BCUT2D eigenvalue weighted by Gasteiger charge is 2.43. The van der Waals surface area contributed by atoms with Gasteiger partial charge >= 0.3 is 0 Å². The lowest BCUT2D eigenvalue weighted by Gasteiger charge is -2.40. The number of unbranched alkanes of at least 4 members (excludes halogenated alkanes) is 2. The van der Waals surface area contributed by atoms with Gasteiger partial charge in [0.05, 0.1) is 0 Å². The van der Waals surface area contributed by atoms with E-state index in [2.05, 4.69) is 24.0 Å². The van der Waals surface area contributed by atoms with Crippen LogP contribution >= 0.6 is 0 Å². The first-order valence-electron chi connectivity index (χ1n) is 8.10. The van der Waals surface area contributed by atoms with Gasteiger partial charge in [-0.25, -0.2) is 0 Å². The summed E-state index contributed by atoms with van der Waals surface area (Å²) in [5.41, 5.74) is 5.53. The molecule has 0 saturated heterocycles. The summed E-state index contributed by atoms with van der Waals surface area (Å²) in [6.07, 6.45) is 8.22. The van der Waals surface area contributed by atoms with Crippen LogP contribution in [0.4, 0.5) is 0 Å². The number of hydrogen-bond donors (Lipinski definition) is 1. The van der Waals surface area contributed by atoms with Gasteiger partial charge in [-0.3, -0.25) is 0 Å². The Morgan fingerprint density at radius 2 is 1.86 bits per heavy atom. The van der Waals surface area contributed by atoms with Gasteiger partial charge in [-0.1, -0.05) is 25.4 Å². The Hall–Kier alpha value is -0.940. The Kier molecular flexibility index (Phi) is 5.38. The molecule has 21 heavy (non-hydrogen) atoms. The van der Waals surface area contributed by atoms with Crippen molar-refractivity contribution < 1.29 is 9.26 Å². The van der Waals surface area contributed by atoms with Crippen molar-refractivity contribution in [3.8, 4) is 0 Å². The summed E-state index contributed by atoms with van der Waals surface area (Å²) in [6, 6.07) is 0. The number of ether oxygens (including phenoxy) is 1. The maximum absolute atomic E-state index is 5.81. The lowest BCUT2D eigenvalue weighted by Crippen LogP contribution is -2.37. The van der Waals surface area contributed by atoms with Crippen LogP contribution in [0.25, 0.3) is 0 Å². The Morgan fingerprint density at radius 3 is 2.48 bits per heavy atom. The van der Waals surface area contributed by atoms with Crippen molar-refractivity contribution in [1.82, 2.24) is 10.1 Å². The summed E-state index contributed by atoms with van der Waals surface area (Å²) in [5, 5.41) is 4.19. The number of nitrogens with two attached hydrogens (primary N) is 1. The van der Waals surface area contributed by atoms with Crippen LogP contribution in [0.3, 0.4) is 0 Å². The third kappa shape index (κ3) is 4.04. The number of methoxy groups -OCH3 is 1.